The van der Waals surface area contributed by atoms with E-state index in [0.717, 1.165) is 38.1 Å². The molecule has 1 N–H and O–H groups in total. The molecule has 1 saturated heterocycles. The third-order valence-corrected chi connectivity index (χ3v) is 6.07. The fourth-order valence-electron chi connectivity index (χ4n) is 4.17. The van der Waals surface area contributed by atoms with Crippen molar-refractivity contribution in [3.05, 3.63) is 66.6 Å². The minimum absolute atomic E-state index is 0. The van der Waals surface area contributed by atoms with Crippen molar-refractivity contribution in [2.45, 2.75) is 19.9 Å². The van der Waals surface area contributed by atoms with E-state index in [2.05, 4.69) is 48.9 Å². The van der Waals surface area contributed by atoms with Crippen molar-refractivity contribution in [2.75, 3.05) is 36.4 Å². The lowest BCUT2D eigenvalue weighted by Gasteiger charge is -2.38. The average Bonchev–Trinajstić information content (AvgIpc) is 2.86. The molecule has 1 aliphatic rings. The summed E-state index contributed by atoms with van der Waals surface area (Å²) in [5.41, 5.74) is 1.59. The molecule has 0 amide bonds. The molecular weight excluding hydrogens is 472 g/mol. The van der Waals surface area contributed by atoms with E-state index in [-0.39, 0.29) is 29.6 Å². The third-order valence-electron chi connectivity index (χ3n) is 6.07. The first-order chi connectivity index (χ1) is 16.5. The first kappa shape index (κ1) is 24.7. The number of anilines is 3. The molecule has 0 radical (unpaired) electrons. The highest BCUT2D eigenvalue weighted by atomic mass is 35.5. The van der Waals surface area contributed by atoms with E-state index in [1.54, 1.807) is 18.2 Å². The van der Waals surface area contributed by atoms with Crippen molar-refractivity contribution >= 4 is 40.8 Å². The smallest absolute Gasteiger partial charge is 0.229 e. The summed E-state index contributed by atoms with van der Waals surface area (Å²) in [6, 6.07) is 10.7. The van der Waals surface area contributed by atoms with Crippen molar-refractivity contribution < 1.29 is 8.78 Å². The van der Waals surface area contributed by atoms with Gasteiger partial charge in [-0.1, -0.05) is 6.07 Å². The maximum absolute atomic E-state index is 14.5. The molecule has 35 heavy (non-hydrogen) atoms. The van der Waals surface area contributed by atoms with Crippen LogP contribution in [0.2, 0.25) is 0 Å². The van der Waals surface area contributed by atoms with E-state index in [1.807, 2.05) is 18.3 Å². The Hall–Kier alpha value is -3.43. The van der Waals surface area contributed by atoms with Crippen LogP contribution in [0, 0.1) is 11.6 Å². The first-order valence-electron chi connectivity index (χ1n) is 11.3. The van der Waals surface area contributed by atoms with Gasteiger partial charge >= 0.3 is 0 Å². The Bertz CT molecular complexity index is 1310. The van der Waals surface area contributed by atoms with Crippen LogP contribution in [-0.4, -0.2) is 57.1 Å². The Morgan fingerprint density at radius 1 is 0.914 bits per heavy atom. The van der Waals surface area contributed by atoms with Gasteiger partial charge in [0.25, 0.3) is 0 Å². The van der Waals surface area contributed by atoms with Gasteiger partial charge in [-0.05, 0) is 44.2 Å². The molecule has 1 aliphatic heterocycles. The van der Waals surface area contributed by atoms with E-state index in [9.17, 15) is 8.78 Å². The van der Waals surface area contributed by atoms with Crippen LogP contribution in [0.1, 0.15) is 13.8 Å². The molecule has 7 nitrogen and oxygen atoms in total. The molecule has 4 heterocycles. The van der Waals surface area contributed by atoms with Crippen LogP contribution in [-0.2, 0) is 0 Å². The van der Waals surface area contributed by atoms with Crippen molar-refractivity contribution in [1.29, 1.82) is 0 Å². The van der Waals surface area contributed by atoms with Crippen LogP contribution >= 0.6 is 12.4 Å². The van der Waals surface area contributed by atoms with Crippen LogP contribution < -0.4 is 10.2 Å². The molecule has 1 aromatic carbocycles. The van der Waals surface area contributed by atoms with Crippen molar-refractivity contribution in [3.63, 3.8) is 0 Å². The number of hydrogen-bond acceptors (Lipinski definition) is 7. The first-order valence-corrected chi connectivity index (χ1v) is 11.3. The largest absolute Gasteiger partial charge is 0.368 e. The minimum Gasteiger partial charge on any atom is -0.368 e. The van der Waals surface area contributed by atoms with Gasteiger partial charge in [0, 0.05) is 49.4 Å². The van der Waals surface area contributed by atoms with Crippen molar-refractivity contribution in [1.82, 2.24) is 24.8 Å². The predicted octanol–water partition coefficient (Wildman–Crippen LogP) is 5.06. The monoisotopic (exact) mass is 497 g/mol. The van der Waals surface area contributed by atoms with E-state index in [4.69, 9.17) is 0 Å². The molecule has 0 bridgehead atoms. The summed E-state index contributed by atoms with van der Waals surface area (Å²) in [6.45, 7) is 8.39. The number of nitrogens with zero attached hydrogens (tertiary/aromatic N) is 6. The number of aromatic nitrogens is 4. The molecule has 1 fully saturated rings. The third kappa shape index (κ3) is 5.31. The predicted molar refractivity (Wildman–Crippen MR) is 136 cm³/mol. The summed E-state index contributed by atoms with van der Waals surface area (Å²) >= 11 is 0. The summed E-state index contributed by atoms with van der Waals surface area (Å²) < 4.78 is 29.0. The number of pyridine rings is 2. The molecule has 0 spiro atoms. The average molecular weight is 498 g/mol. The Morgan fingerprint density at radius 3 is 2.43 bits per heavy atom. The van der Waals surface area contributed by atoms with Crippen LogP contribution in [0.5, 0.6) is 0 Å². The van der Waals surface area contributed by atoms with Gasteiger partial charge in [-0.3, -0.25) is 9.88 Å². The zero-order chi connectivity index (χ0) is 23.7. The Morgan fingerprint density at radius 2 is 1.71 bits per heavy atom. The van der Waals surface area contributed by atoms with Gasteiger partial charge in [0.2, 0.25) is 5.95 Å². The molecule has 0 atom stereocenters. The van der Waals surface area contributed by atoms with Crippen LogP contribution in [0.4, 0.5) is 26.2 Å². The standard InChI is InChI=1S/C25H25F2N7.ClH/c1-16(2)33-8-10-34(11-9-33)19-5-6-22(29-14-19)31-25-30-15-21(27)24(32-25)18-12-17-4-3-7-28-23(17)20(26)13-18;/h3-7,12-16H,8-11H2,1-2H3,(H,29,30,31,32);1H. The molecule has 3 aromatic heterocycles. The normalized spacial score (nSPS) is 14.3. The summed E-state index contributed by atoms with van der Waals surface area (Å²) in [5, 5.41) is 3.58. The zero-order valence-corrected chi connectivity index (χ0v) is 20.3. The lowest BCUT2D eigenvalue weighted by atomic mass is 10.1. The summed E-state index contributed by atoms with van der Waals surface area (Å²) in [6.07, 6.45) is 4.39. The second-order valence-electron chi connectivity index (χ2n) is 8.57. The van der Waals surface area contributed by atoms with Gasteiger partial charge in [-0.25, -0.2) is 23.7 Å². The lowest BCUT2D eigenvalue weighted by molar-refractivity contribution is 0.209. The van der Waals surface area contributed by atoms with E-state index >= 15 is 0 Å². The highest BCUT2D eigenvalue weighted by molar-refractivity contribution is 5.85. The maximum Gasteiger partial charge on any atom is 0.229 e. The number of hydrogen-bond donors (Lipinski definition) is 1. The molecular formula is C25H26ClF2N7. The molecule has 0 aliphatic carbocycles. The zero-order valence-electron chi connectivity index (χ0n) is 19.4. The minimum atomic E-state index is -0.642. The van der Waals surface area contributed by atoms with Gasteiger partial charge in [-0.15, -0.1) is 12.4 Å². The Balaban J connectivity index is 0.00000289. The number of piperazine rings is 1. The van der Waals surface area contributed by atoms with Crippen molar-refractivity contribution in [3.8, 4) is 11.3 Å². The lowest BCUT2D eigenvalue weighted by Crippen LogP contribution is -2.48. The van der Waals surface area contributed by atoms with Gasteiger partial charge in [0.05, 0.1) is 18.1 Å². The fraction of sp³-hybridized carbons (Fsp3) is 0.280. The Kier molecular flexibility index (Phi) is 7.37. The van der Waals surface area contributed by atoms with E-state index < -0.39 is 11.6 Å². The number of benzene rings is 1. The molecule has 0 unspecified atom stereocenters. The topological polar surface area (TPSA) is 70.1 Å². The molecule has 0 saturated carbocycles. The van der Waals surface area contributed by atoms with E-state index in [1.165, 1.54) is 12.3 Å². The quantitative estimate of drug-likeness (QED) is 0.413. The number of nitrogens with one attached hydrogen (secondary N) is 1. The molecule has 10 heteroatoms. The van der Waals surface area contributed by atoms with Crippen LogP contribution in [0.15, 0.2) is 55.0 Å². The summed E-state index contributed by atoms with van der Waals surface area (Å²) in [4.78, 5) is 21.6. The highest BCUT2D eigenvalue weighted by Gasteiger charge is 2.19. The highest BCUT2D eigenvalue weighted by Crippen LogP contribution is 2.27. The van der Waals surface area contributed by atoms with Crippen LogP contribution in [0.25, 0.3) is 22.2 Å². The van der Waals surface area contributed by atoms with Gasteiger partial charge in [0.1, 0.15) is 22.8 Å². The number of halogens is 3. The number of rotatable bonds is 5. The fourth-order valence-corrected chi connectivity index (χ4v) is 4.17. The molecule has 4 aromatic rings. The molecule has 5 rings (SSSR count). The second-order valence-corrected chi connectivity index (χ2v) is 8.57. The van der Waals surface area contributed by atoms with Gasteiger partial charge < -0.3 is 10.2 Å². The molecule has 182 valence electrons. The SMILES string of the molecule is CC(C)N1CCN(c2ccc(Nc3ncc(F)c(-c4cc(F)c5ncccc5c4)n3)nc2)CC1.Cl. The van der Waals surface area contributed by atoms with Crippen molar-refractivity contribution in [2.24, 2.45) is 0 Å². The number of fused-ring (bicyclic) bond motifs is 1. The van der Waals surface area contributed by atoms with Crippen LogP contribution in [0.3, 0.4) is 0 Å². The van der Waals surface area contributed by atoms with Gasteiger partial charge in [-0.2, -0.15) is 0 Å². The maximum atomic E-state index is 14.5. The second kappa shape index (κ2) is 10.5. The Labute approximate surface area is 208 Å². The van der Waals surface area contributed by atoms with Gasteiger partial charge in [0.15, 0.2) is 5.82 Å². The summed E-state index contributed by atoms with van der Waals surface area (Å²) in [7, 11) is 0. The van der Waals surface area contributed by atoms with E-state index in [0.29, 0.717) is 22.8 Å². The summed E-state index contributed by atoms with van der Waals surface area (Å²) in [5.74, 6) is -0.464.